The standard InChI is InChI=1S/C19H17F3N4O2/c1-12-9-14(26-8-7-23-11-26)4-5-15(12)24-18(27)25-16-10-13(19(20,21)22)3-6-17(16)28-2/h3-11H,1-2H3,(H2,24,25,27). The molecule has 0 unspecified atom stereocenters. The average Bonchev–Trinajstić information content (AvgIpc) is 3.17. The molecule has 2 N–H and O–H groups in total. The second-order valence-electron chi connectivity index (χ2n) is 5.96. The van der Waals surface area contributed by atoms with E-state index in [1.807, 2.05) is 10.6 Å². The van der Waals surface area contributed by atoms with Gasteiger partial charge in [0.25, 0.3) is 0 Å². The number of ether oxygens (including phenoxy) is 1. The minimum Gasteiger partial charge on any atom is -0.495 e. The van der Waals surface area contributed by atoms with Gasteiger partial charge in [-0.05, 0) is 48.9 Å². The Labute approximate surface area is 159 Å². The van der Waals surface area contributed by atoms with Crippen LogP contribution in [0.1, 0.15) is 11.1 Å². The van der Waals surface area contributed by atoms with E-state index in [1.165, 1.54) is 7.11 Å². The highest BCUT2D eigenvalue weighted by atomic mass is 19.4. The summed E-state index contributed by atoms with van der Waals surface area (Å²) >= 11 is 0. The zero-order valence-electron chi connectivity index (χ0n) is 15.0. The van der Waals surface area contributed by atoms with Gasteiger partial charge >= 0.3 is 12.2 Å². The molecule has 0 spiro atoms. The first kappa shape index (κ1) is 19.3. The Morgan fingerprint density at radius 2 is 1.86 bits per heavy atom. The normalized spacial score (nSPS) is 11.2. The molecule has 0 aliphatic heterocycles. The van der Waals surface area contributed by atoms with Crippen LogP contribution in [0.3, 0.4) is 0 Å². The van der Waals surface area contributed by atoms with Gasteiger partial charge in [0.2, 0.25) is 0 Å². The molecule has 0 atom stereocenters. The van der Waals surface area contributed by atoms with E-state index in [9.17, 15) is 18.0 Å². The van der Waals surface area contributed by atoms with E-state index in [0.717, 1.165) is 29.4 Å². The Morgan fingerprint density at radius 3 is 2.46 bits per heavy atom. The van der Waals surface area contributed by atoms with E-state index in [2.05, 4.69) is 15.6 Å². The molecule has 0 radical (unpaired) electrons. The largest absolute Gasteiger partial charge is 0.495 e. The number of urea groups is 1. The van der Waals surface area contributed by atoms with Crippen LogP contribution in [0.5, 0.6) is 5.75 Å². The van der Waals surface area contributed by atoms with Gasteiger partial charge in [-0.2, -0.15) is 13.2 Å². The third-order valence-electron chi connectivity index (χ3n) is 4.04. The Kier molecular flexibility index (Phi) is 5.25. The van der Waals surface area contributed by atoms with Crippen molar-refractivity contribution in [3.05, 3.63) is 66.2 Å². The highest BCUT2D eigenvalue weighted by molar-refractivity contribution is 6.01. The number of nitrogens with zero attached hydrogens (tertiary/aromatic N) is 2. The maximum atomic E-state index is 12.9. The first-order valence-corrected chi connectivity index (χ1v) is 8.20. The number of alkyl halides is 3. The van der Waals surface area contributed by atoms with Crippen molar-refractivity contribution in [2.24, 2.45) is 0 Å². The van der Waals surface area contributed by atoms with Gasteiger partial charge in [-0.1, -0.05) is 0 Å². The maximum absolute atomic E-state index is 12.9. The average molecular weight is 390 g/mol. The summed E-state index contributed by atoms with van der Waals surface area (Å²) in [5.74, 6) is 0.121. The molecular formula is C19H17F3N4O2. The number of anilines is 2. The number of methoxy groups -OCH3 is 1. The van der Waals surface area contributed by atoms with Crippen molar-refractivity contribution in [3.8, 4) is 11.4 Å². The zero-order valence-corrected chi connectivity index (χ0v) is 15.0. The fourth-order valence-electron chi connectivity index (χ4n) is 2.62. The van der Waals surface area contributed by atoms with Crippen LogP contribution in [-0.4, -0.2) is 22.7 Å². The topological polar surface area (TPSA) is 68.2 Å². The molecule has 9 heteroatoms. The van der Waals surface area contributed by atoms with Crippen LogP contribution in [0.2, 0.25) is 0 Å². The molecule has 6 nitrogen and oxygen atoms in total. The number of nitrogens with one attached hydrogen (secondary N) is 2. The number of hydrogen-bond acceptors (Lipinski definition) is 3. The number of benzene rings is 2. The van der Waals surface area contributed by atoms with Gasteiger partial charge < -0.3 is 19.9 Å². The fourth-order valence-corrected chi connectivity index (χ4v) is 2.62. The van der Waals surface area contributed by atoms with Crippen molar-refractivity contribution in [2.75, 3.05) is 17.7 Å². The summed E-state index contributed by atoms with van der Waals surface area (Å²) in [4.78, 5) is 16.3. The van der Waals surface area contributed by atoms with Gasteiger partial charge in [0.05, 0.1) is 24.7 Å². The van der Waals surface area contributed by atoms with Gasteiger partial charge in [0.1, 0.15) is 5.75 Å². The molecule has 0 aliphatic rings. The molecule has 2 aromatic carbocycles. The summed E-state index contributed by atoms with van der Waals surface area (Å²) in [6, 6.07) is 7.53. The van der Waals surface area contributed by atoms with Gasteiger partial charge in [0.15, 0.2) is 0 Å². The molecule has 0 saturated carbocycles. The predicted molar refractivity (Wildman–Crippen MR) is 98.9 cm³/mol. The lowest BCUT2D eigenvalue weighted by atomic mass is 10.1. The summed E-state index contributed by atoms with van der Waals surface area (Å²) < 4.78 is 45.6. The monoisotopic (exact) mass is 390 g/mol. The van der Waals surface area contributed by atoms with Crippen molar-refractivity contribution in [1.29, 1.82) is 0 Å². The number of amides is 2. The number of carbonyl (C=O) groups excluding carboxylic acids is 1. The van der Waals surface area contributed by atoms with Crippen LogP contribution in [-0.2, 0) is 6.18 Å². The zero-order chi connectivity index (χ0) is 20.3. The lowest BCUT2D eigenvalue weighted by molar-refractivity contribution is -0.137. The van der Waals surface area contributed by atoms with Crippen LogP contribution in [0.25, 0.3) is 5.69 Å². The maximum Gasteiger partial charge on any atom is 0.416 e. The smallest absolute Gasteiger partial charge is 0.416 e. The molecule has 3 rings (SSSR count). The number of hydrogen-bond donors (Lipinski definition) is 2. The Bertz CT molecular complexity index is 985. The number of aryl methyl sites for hydroxylation is 1. The molecule has 1 aromatic heterocycles. The predicted octanol–water partition coefficient (Wildman–Crippen LogP) is 4.85. The summed E-state index contributed by atoms with van der Waals surface area (Å²) in [7, 11) is 1.31. The second kappa shape index (κ2) is 7.63. The number of halogens is 3. The third kappa shape index (κ3) is 4.25. The van der Waals surface area contributed by atoms with Gasteiger partial charge in [0, 0.05) is 23.8 Å². The van der Waals surface area contributed by atoms with Crippen LogP contribution in [0, 0.1) is 6.92 Å². The molecule has 0 aliphatic carbocycles. The number of imidazole rings is 1. The molecule has 1 heterocycles. The number of rotatable bonds is 4. The highest BCUT2D eigenvalue weighted by Crippen LogP contribution is 2.35. The Hall–Kier alpha value is -3.49. The van der Waals surface area contributed by atoms with Gasteiger partial charge in [-0.3, -0.25) is 0 Å². The molecule has 0 fully saturated rings. The minimum atomic E-state index is -4.53. The quantitative estimate of drug-likeness (QED) is 0.669. The minimum absolute atomic E-state index is 0.0810. The van der Waals surface area contributed by atoms with E-state index in [1.54, 1.807) is 37.8 Å². The number of aromatic nitrogens is 2. The first-order valence-electron chi connectivity index (χ1n) is 8.20. The first-order chi connectivity index (χ1) is 13.3. The molecule has 146 valence electrons. The summed E-state index contributed by atoms with van der Waals surface area (Å²) in [6.45, 7) is 1.81. The summed E-state index contributed by atoms with van der Waals surface area (Å²) in [5.41, 5.74) is 1.19. The van der Waals surface area contributed by atoms with Crippen molar-refractivity contribution in [2.45, 2.75) is 13.1 Å². The van der Waals surface area contributed by atoms with Gasteiger partial charge in [-0.15, -0.1) is 0 Å². The molecule has 3 aromatic rings. The van der Waals surface area contributed by atoms with Crippen LogP contribution in [0.4, 0.5) is 29.3 Å². The highest BCUT2D eigenvalue weighted by Gasteiger charge is 2.31. The van der Waals surface area contributed by atoms with E-state index in [-0.39, 0.29) is 11.4 Å². The van der Waals surface area contributed by atoms with Crippen LogP contribution >= 0.6 is 0 Å². The molecule has 0 bridgehead atoms. The molecule has 0 saturated heterocycles. The van der Waals surface area contributed by atoms with Crippen LogP contribution in [0.15, 0.2) is 55.1 Å². The Morgan fingerprint density at radius 1 is 1.11 bits per heavy atom. The molecule has 2 amide bonds. The van der Waals surface area contributed by atoms with Crippen molar-refractivity contribution in [3.63, 3.8) is 0 Å². The van der Waals surface area contributed by atoms with E-state index >= 15 is 0 Å². The van der Waals surface area contributed by atoms with E-state index in [0.29, 0.717) is 5.69 Å². The SMILES string of the molecule is COc1ccc(C(F)(F)F)cc1NC(=O)Nc1ccc(-n2ccnc2)cc1C. The Balaban J connectivity index is 1.77. The molecular weight excluding hydrogens is 373 g/mol. The van der Waals surface area contributed by atoms with E-state index in [4.69, 9.17) is 4.74 Å². The van der Waals surface area contributed by atoms with E-state index < -0.39 is 17.8 Å². The van der Waals surface area contributed by atoms with Crippen LogP contribution < -0.4 is 15.4 Å². The lowest BCUT2D eigenvalue weighted by Crippen LogP contribution is -2.21. The summed E-state index contributed by atoms with van der Waals surface area (Å²) in [5, 5.41) is 5.03. The second-order valence-corrected chi connectivity index (χ2v) is 5.96. The van der Waals surface area contributed by atoms with Crippen molar-refractivity contribution < 1.29 is 22.7 Å². The van der Waals surface area contributed by atoms with Crippen molar-refractivity contribution in [1.82, 2.24) is 9.55 Å². The third-order valence-corrected chi connectivity index (χ3v) is 4.04. The van der Waals surface area contributed by atoms with Crippen molar-refractivity contribution >= 4 is 17.4 Å². The molecule has 28 heavy (non-hydrogen) atoms. The summed E-state index contributed by atoms with van der Waals surface area (Å²) in [6.07, 6.45) is 0.555. The fraction of sp³-hybridized carbons (Fsp3) is 0.158. The lowest BCUT2D eigenvalue weighted by Gasteiger charge is -2.15. The van der Waals surface area contributed by atoms with Gasteiger partial charge in [-0.25, -0.2) is 9.78 Å². The number of carbonyl (C=O) groups is 1.